The fraction of sp³-hybridized carbons (Fsp3) is 0.462. The van der Waals surface area contributed by atoms with Crippen LogP contribution in [0.5, 0.6) is 5.75 Å². The van der Waals surface area contributed by atoms with E-state index >= 15 is 0 Å². The first-order valence-corrected chi connectivity index (χ1v) is 6.19. The first kappa shape index (κ1) is 11.3. The summed E-state index contributed by atoms with van der Waals surface area (Å²) in [6.07, 6.45) is 2.46. The first-order valence-electron chi connectivity index (χ1n) is 6.19. The maximum atomic E-state index is 5.98. The van der Waals surface area contributed by atoms with Crippen LogP contribution in [-0.4, -0.2) is 29.4 Å². The van der Waals surface area contributed by atoms with Gasteiger partial charge in [-0.05, 0) is 25.0 Å². The summed E-state index contributed by atoms with van der Waals surface area (Å²) in [6, 6.07) is 5.79. The third-order valence-corrected chi connectivity index (χ3v) is 3.40. The van der Waals surface area contributed by atoms with Crippen LogP contribution >= 0.6 is 0 Å². The van der Waals surface area contributed by atoms with E-state index < -0.39 is 0 Å². The smallest absolute Gasteiger partial charge is 0.201 e. The number of hydrogen-bond donors (Lipinski definition) is 1. The molecule has 1 aliphatic heterocycles. The molecule has 1 aromatic heterocycles. The van der Waals surface area contributed by atoms with Crippen molar-refractivity contribution in [3.8, 4) is 5.75 Å². The topological polar surface area (TPSA) is 62.3 Å². The van der Waals surface area contributed by atoms with Crippen molar-refractivity contribution < 1.29 is 9.47 Å². The van der Waals surface area contributed by atoms with Gasteiger partial charge in [0.05, 0.1) is 30.8 Å². The maximum absolute atomic E-state index is 5.98. The lowest BCUT2D eigenvalue weighted by molar-refractivity contribution is 0.0983. The Morgan fingerprint density at radius 1 is 1.56 bits per heavy atom. The lowest BCUT2D eigenvalue weighted by atomic mass is 10.2. The summed E-state index contributed by atoms with van der Waals surface area (Å²) in [5, 5.41) is 0. The summed E-state index contributed by atoms with van der Waals surface area (Å²) in [7, 11) is 1.66. The van der Waals surface area contributed by atoms with Crippen molar-refractivity contribution in [1.29, 1.82) is 0 Å². The van der Waals surface area contributed by atoms with Crippen molar-refractivity contribution >= 4 is 17.0 Å². The third-order valence-electron chi connectivity index (χ3n) is 3.40. The molecule has 0 spiro atoms. The van der Waals surface area contributed by atoms with Gasteiger partial charge < -0.3 is 19.8 Å². The van der Waals surface area contributed by atoms with Gasteiger partial charge in [-0.15, -0.1) is 0 Å². The molecule has 1 atom stereocenters. The number of nitrogens with two attached hydrogens (primary N) is 1. The molecular weight excluding hydrogens is 230 g/mol. The van der Waals surface area contributed by atoms with E-state index in [2.05, 4.69) is 4.98 Å². The number of imidazole rings is 1. The molecule has 0 amide bonds. The van der Waals surface area contributed by atoms with E-state index in [1.807, 2.05) is 22.8 Å². The molecule has 0 radical (unpaired) electrons. The fourth-order valence-electron chi connectivity index (χ4n) is 2.43. The molecule has 1 fully saturated rings. The minimum absolute atomic E-state index is 0.246. The van der Waals surface area contributed by atoms with Crippen LogP contribution in [0.2, 0.25) is 0 Å². The maximum Gasteiger partial charge on any atom is 0.201 e. The van der Waals surface area contributed by atoms with E-state index in [1.54, 1.807) is 7.11 Å². The predicted octanol–water partition coefficient (Wildman–Crippen LogP) is 1.81. The lowest BCUT2D eigenvalue weighted by Crippen LogP contribution is -2.16. The summed E-state index contributed by atoms with van der Waals surface area (Å²) in [6.45, 7) is 1.61. The molecular formula is C13H17N3O2. The Morgan fingerprint density at radius 3 is 3.17 bits per heavy atom. The molecule has 0 saturated carbocycles. The average Bonchev–Trinajstić information content (AvgIpc) is 2.99. The van der Waals surface area contributed by atoms with Gasteiger partial charge >= 0.3 is 0 Å². The SMILES string of the molecule is COc1ccc2nc(N)n(CC3CCCO3)c2c1. The Balaban J connectivity index is 2.00. The highest BCUT2D eigenvalue weighted by molar-refractivity contribution is 5.79. The van der Waals surface area contributed by atoms with E-state index in [4.69, 9.17) is 15.2 Å². The van der Waals surface area contributed by atoms with Gasteiger partial charge in [0, 0.05) is 12.7 Å². The van der Waals surface area contributed by atoms with Crippen LogP contribution in [0.15, 0.2) is 18.2 Å². The van der Waals surface area contributed by atoms with Crippen molar-refractivity contribution in [2.24, 2.45) is 0 Å². The monoisotopic (exact) mass is 247 g/mol. The van der Waals surface area contributed by atoms with Gasteiger partial charge in [-0.25, -0.2) is 4.98 Å². The molecule has 96 valence electrons. The molecule has 1 aromatic carbocycles. The van der Waals surface area contributed by atoms with Crippen molar-refractivity contribution in [2.45, 2.75) is 25.5 Å². The minimum atomic E-state index is 0.246. The van der Waals surface area contributed by atoms with Crippen LogP contribution in [0.25, 0.3) is 11.0 Å². The van der Waals surface area contributed by atoms with E-state index in [1.165, 1.54) is 0 Å². The largest absolute Gasteiger partial charge is 0.497 e. The number of fused-ring (bicyclic) bond motifs is 1. The van der Waals surface area contributed by atoms with Crippen LogP contribution in [0.1, 0.15) is 12.8 Å². The molecule has 18 heavy (non-hydrogen) atoms. The number of rotatable bonds is 3. The Labute approximate surface area is 106 Å². The Bertz CT molecular complexity index is 559. The third kappa shape index (κ3) is 1.90. The Hall–Kier alpha value is -1.75. The molecule has 1 saturated heterocycles. The quantitative estimate of drug-likeness (QED) is 0.898. The summed E-state index contributed by atoms with van der Waals surface area (Å²) in [5.74, 6) is 1.35. The molecule has 2 heterocycles. The summed E-state index contributed by atoms with van der Waals surface area (Å²) in [4.78, 5) is 4.36. The second-order valence-corrected chi connectivity index (χ2v) is 4.57. The molecule has 2 aromatic rings. The Morgan fingerprint density at radius 2 is 2.44 bits per heavy atom. The van der Waals surface area contributed by atoms with Crippen molar-refractivity contribution in [3.05, 3.63) is 18.2 Å². The number of ether oxygens (including phenoxy) is 2. The van der Waals surface area contributed by atoms with Gasteiger partial charge in [-0.2, -0.15) is 0 Å². The number of benzene rings is 1. The van der Waals surface area contributed by atoms with Crippen LogP contribution in [0, 0.1) is 0 Å². The number of nitrogen functional groups attached to an aromatic ring is 1. The molecule has 0 bridgehead atoms. The molecule has 3 rings (SSSR count). The van der Waals surface area contributed by atoms with Crippen LogP contribution in [0.3, 0.4) is 0 Å². The Kier molecular flexibility index (Phi) is 2.83. The van der Waals surface area contributed by atoms with Gasteiger partial charge in [-0.3, -0.25) is 0 Å². The van der Waals surface area contributed by atoms with E-state index in [0.717, 1.165) is 42.8 Å². The fourth-order valence-corrected chi connectivity index (χ4v) is 2.43. The molecule has 1 aliphatic rings. The van der Waals surface area contributed by atoms with Crippen molar-refractivity contribution in [2.75, 3.05) is 19.5 Å². The number of hydrogen-bond acceptors (Lipinski definition) is 4. The van der Waals surface area contributed by atoms with Crippen LogP contribution in [-0.2, 0) is 11.3 Å². The van der Waals surface area contributed by atoms with Gasteiger partial charge in [0.1, 0.15) is 5.75 Å². The average molecular weight is 247 g/mol. The van der Waals surface area contributed by atoms with E-state index in [0.29, 0.717) is 5.95 Å². The zero-order valence-corrected chi connectivity index (χ0v) is 10.4. The summed E-state index contributed by atoms with van der Waals surface area (Å²) >= 11 is 0. The first-order chi connectivity index (χ1) is 8.78. The number of methoxy groups -OCH3 is 1. The van der Waals surface area contributed by atoms with Gasteiger partial charge in [0.15, 0.2) is 0 Å². The lowest BCUT2D eigenvalue weighted by Gasteiger charge is -2.12. The summed E-state index contributed by atoms with van der Waals surface area (Å²) in [5.41, 5.74) is 7.88. The zero-order valence-electron chi connectivity index (χ0n) is 10.4. The number of anilines is 1. The van der Waals surface area contributed by atoms with Gasteiger partial charge in [0.25, 0.3) is 0 Å². The van der Waals surface area contributed by atoms with Gasteiger partial charge in [-0.1, -0.05) is 0 Å². The molecule has 1 unspecified atom stereocenters. The number of nitrogens with zero attached hydrogens (tertiary/aromatic N) is 2. The van der Waals surface area contributed by atoms with Crippen LogP contribution in [0.4, 0.5) is 5.95 Å². The van der Waals surface area contributed by atoms with Gasteiger partial charge in [0.2, 0.25) is 5.95 Å². The standard InChI is InChI=1S/C13H17N3O2/c1-17-9-4-5-11-12(7-9)16(13(14)15-11)8-10-3-2-6-18-10/h4-5,7,10H,2-3,6,8H2,1H3,(H2,14,15). The van der Waals surface area contributed by atoms with Crippen molar-refractivity contribution in [3.63, 3.8) is 0 Å². The second kappa shape index (κ2) is 4.49. The highest BCUT2D eigenvalue weighted by Gasteiger charge is 2.19. The molecule has 2 N–H and O–H groups in total. The van der Waals surface area contributed by atoms with Crippen molar-refractivity contribution in [1.82, 2.24) is 9.55 Å². The van der Waals surface area contributed by atoms with E-state index in [-0.39, 0.29) is 6.10 Å². The van der Waals surface area contributed by atoms with Crippen LogP contribution < -0.4 is 10.5 Å². The normalized spacial score (nSPS) is 19.5. The summed E-state index contributed by atoms with van der Waals surface area (Å²) < 4.78 is 12.9. The molecule has 0 aliphatic carbocycles. The molecule has 5 heteroatoms. The van der Waals surface area contributed by atoms with E-state index in [9.17, 15) is 0 Å². The second-order valence-electron chi connectivity index (χ2n) is 4.57. The highest BCUT2D eigenvalue weighted by atomic mass is 16.5. The molecule has 5 nitrogen and oxygen atoms in total. The minimum Gasteiger partial charge on any atom is -0.497 e. The zero-order chi connectivity index (χ0) is 12.5. The highest BCUT2D eigenvalue weighted by Crippen LogP contribution is 2.25. The number of aromatic nitrogens is 2. The predicted molar refractivity (Wildman–Crippen MR) is 69.7 cm³/mol.